The molecule has 0 radical (unpaired) electrons. The quantitative estimate of drug-likeness (QED) is 0.856. The van der Waals surface area contributed by atoms with Crippen molar-refractivity contribution in [3.63, 3.8) is 0 Å². The summed E-state index contributed by atoms with van der Waals surface area (Å²) in [5.41, 5.74) is 0. The fourth-order valence-electron chi connectivity index (χ4n) is 3.64. The third-order valence-corrected chi connectivity index (χ3v) is 7.83. The van der Waals surface area contributed by atoms with Gasteiger partial charge in [0.2, 0.25) is 0 Å². The van der Waals surface area contributed by atoms with Gasteiger partial charge >= 0.3 is 0 Å². The Balaban J connectivity index is 2.20. The Bertz CT molecular complexity index is 395. The molecule has 2 fully saturated rings. The van der Waals surface area contributed by atoms with E-state index in [1.807, 2.05) is 14.0 Å². The lowest BCUT2D eigenvalue weighted by atomic mass is 9.84. The topological polar surface area (TPSA) is 55.4 Å². The van der Waals surface area contributed by atoms with Crippen molar-refractivity contribution >= 4 is 9.84 Å². The fourth-order valence-corrected chi connectivity index (χ4v) is 6.40. The van der Waals surface area contributed by atoms with Crippen molar-refractivity contribution in [3.05, 3.63) is 0 Å². The van der Waals surface area contributed by atoms with Crippen molar-refractivity contribution in [3.8, 4) is 0 Å². The third-order valence-electron chi connectivity index (χ3n) is 5.00. The second kappa shape index (κ2) is 6.10. The summed E-state index contributed by atoms with van der Waals surface area (Å²) in [6.07, 6.45) is 4.52. The van der Waals surface area contributed by atoms with Gasteiger partial charge in [-0.2, -0.15) is 0 Å². The van der Waals surface area contributed by atoms with Crippen LogP contribution in [-0.2, 0) is 14.6 Å². The van der Waals surface area contributed by atoms with Crippen LogP contribution in [0.3, 0.4) is 0 Å². The highest BCUT2D eigenvalue weighted by atomic mass is 32.2. The van der Waals surface area contributed by atoms with Crippen LogP contribution in [0.25, 0.3) is 0 Å². The van der Waals surface area contributed by atoms with Gasteiger partial charge in [0.15, 0.2) is 9.84 Å². The molecule has 5 unspecified atom stereocenters. The molecule has 1 saturated carbocycles. The maximum absolute atomic E-state index is 12.9. The van der Waals surface area contributed by atoms with E-state index in [4.69, 9.17) is 4.74 Å². The summed E-state index contributed by atoms with van der Waals surface area (Å²) in [5.74, 6) is 0.557. The Labute approximate surface area is 117 Å². The lowest BCUT2D eigenvalue weighted by molar-refractivity contribution is 0.126. The zero-order chi connectivity index (χ0) is 14.0. The first-order valence-corrected chi connectivity index (χ1v) is 9.13. The minimum absolute atomic E-state index is 0.112. The first kappa shape index (κ1) is 15.3. The Morgan fingerprint density at radius 1 is 1.21 bits per heavy atom. The lowest BCUT2D eigenvalue weighted by Crippen LogP contribution is -2.50. The van der Waals surface area contributed by atoms with Crippen LogP contribution in [0, 0.1) is 5.92 Å². The van der Waals surface area contributed by atoms with Gasteiger partial charge in [-0.3, -0.25) is 0 Å². The summed E-state index contributed by atoms with van der Waals surface area (Å²) in [7, 11) is -1.22. The van der Waals surface area contributed by atoms with Crippen LogP contribution in [0.2, 0.25) is 0 Å². The number of rotatable bonds is 4. The van der Waals surface area contributed by atoms with Crippen LogP contribution in [0.15, 0.2) is 0 Å². The molecule has 1 aliphatic carbocycles. The Morgan fingerprint density at radius 3 is 2.47 bits per heavy atom. The number of nitrogens with one attached hydrogen (secondary N) is 1. The number of ether oxygens (including phenoxy) is 1. The molecule has 112 valence electrons. The van der Waals surface area contributed by atoms with E-state index in [1.165, 1.54) is 0 Å². The average Bonchev–Trinajstić information content (AvgIpc) is 2.85. The van der Waals surface area contributed by atoms with Gasteiger partial charge in [-0.05, 0) is 45.6 Å². The number of hydrogen-bond acceptors (Lipinski definition) is 4. The summed E-state index contributed by atoms with van der Waals surface area (Å²) in [5, 5.41) is 2.69. The van der Waals surface area contributed by atoms with Gasteiger partial charge in [-0.15, -0.1) is 0 Å². The molecule has 0 aromatic rings. The van der Waals surface area contributed by atoms with Crippen LogP contribution in [0.4, 0.5) is 0 Å². The van der Waals surface area contributed by atoms with Crippen LogP contribution < -0.4 is 5.32 Å². The zero-order valence-electron chi connectivity index (χ0n) is 12.3. The van der Waals surface area contributed by atoms with E-state index in [9.17, 15) is 8.42 Å². The molecule has 0 bridgehead atoms. The van der Waals surface area contributed by atoms with Gasteiger partial charge in [0.1, 0.15) is 0 Å². The van der Waals surface area contributed by atoms with Crippen LogP contribution in [0.5, 0.6) is 0 Å². The molecule has 5 atom stereocenters. The SMILES string of the molecule is CCC1CCC(NC)C(S(=O)(=O)C2CCOC2C)C1. The minimum Gasteiger partial charge on any atom is -0.377 e. The molecule has 1 aliphatic heterocycles. The maximum atomic E-state index is 12.9. The average molecular weight is 289 g/mol. The second-order valence-electron chi connectivity index (χ2n) is 6.01. The highest BCUT2D eigenvalue weighted by Crippen LogP contribution is 2.35. The Hall–Kier alpha value is -0.130. The van der Waals surface area contributed by atoms with E-state index in [-0.39, 0.29) is 22.6 Å². The predicted octanol–water partition coefficient (Wildman–Crippen LogP) is 1.75. The molecule has 2 rings (SSSR count). The lowest BCUT2D eigenvalue weighted by Gasteiger charge is -2.37. The highest BCUT2D eigenvalue weighted by molar-refractivity contribution is 7.92. The van der Waals surface area contributed by atoms with Crippen LogP contribution in [-0.4, -0.2) is 44.7 Å². The Morgan fingerprint density at radius 2 is 1.95 bits per heavy atom. The molecule has 5 heteroatoms. The van der Waals surface area contributed by atoms with Crippen LogP contribution >= 0.6 is 0 Å². The van der Waals surface area contributed by atoms with Crippen molar-refractivity contribution < 1.29 is 13.2 Å². The first-order chi connectivity index (χ1) is 9.00. The highest BCUT2D eigenvalue weighted by Gasteiger charge is 2.45. The summed E-state index contributed by atoms with van der Waals surface area (Å²) >= 11 is 0. The Kier molecular flexibility index (Phi) is 4.90. The minimum atomic E-state index is -3.10. The molecule has 4 nitrogen and oxygen atoms in total. The predicted molar refractivity (Wildman–Crippen MR) is 77.0 cm³/mol. The van der Waals surface area contributed by atoms with E-state index in [1.54, 1.807) is 0 Å². The van der Waals surface area contributed by atoms with Crippen LogP contribution in [0.1, 0.15) is 46.0 Å². The molecule has 1 N–H and O–H groups in total. The summed E-state index contributed by atoms with van der Waals surface area (Å²) < 4.78 is 31.3. The molecule has 0 spiro atoms. The van der Waals surface area contributed by atoms with Crippen molar-refractivity contribution in [2.24, 2.45) is 5.92 Å². The molecule has 0 aromatic heterocycles. The molecule has 0 amide bonds. The standard InChI is InChI=1S/C14H27NO3S/c1-4-11-5-6-12(15-3)14(9-11)19(16,17)13-7-8-18-10(13)2/h10-15H,4-9H2,1-3H3. The zero-order valence-corrected chi connectivity index (χ0v) is 13.1. The van der Waals surface area contributed by atoms with E-state index < -0.39 is 9.84 Å². The van der Waals surface area contributed by atoms with E-state index in [0.29, 0.717) is 18.9 Å². The summed E-state index contributed by atoms with van der Waals surface area (Å²) in [6.45, 7) is 4.64. The maximum Gasteiger partial charge on any atom is 0.160 e. The van der Waals surface area contributed by atoms with Gasteiger partial charge in [0.25, 0.3) is 0 Å². The third kappa shape index (κ3) is 2.98. The molecule has 19 heavy (non-hydrogen) atoms. The molecular weight excluding hydrogens is 262 g/mol. The molecule has 1 heterocycles. The van der Waals surface area contributed by atoms with Gasteiger partial charge in [-0.25, -0.2) is 8.42 Å². The summed E-state index contributed by atoms with van der Waals surface area (Å²) in [4.78, 5) is 0. The number of sulfone groups is 1. The van der Waals surface area contributed by atoms with Gasteiger partial charge < -0.3 is 10.1 Å². The molecular formula is C14H27NO3S. The largest absolute Gasteiger partial charge is 0.377 e. The first-order valence-electron chi connectivity index (χ1n) is 7.52. The summed E-state index contributed by atoms with van der Waals surface area (Å²) in [6, 6.07) is 0.112. The van der Waals surface area contributed by atoms with Gasteiger partial charge in [-0.1, -0.05) is 13.3 Å². The molecule has 2 aliphatic rings. The second-order valence-corrected chi connectivity index (χ2v) is 8.40. The van der Waals surface area contributed by atoms with Crippen molar-refractivity contribution in [2.45, 2.75) is 68.6 Å². The van der Waals surface area contributed by atoms with Crippen molar-refractivity contribution in [2.75, 3.05) is 13.7 Å². The number of hydrogen-bond donors (Lipinski definition) is 1. The van der Waals surface area contributed by atoms with E-state index in [2.05, 4.69) is 12.2 Å². The van der Waals surface area contributed by atoms with E-state index >= 15 is 0 Å². The molecule has 0 aromatic carbocycles. The monoisotopic (exact) mass is 289 g/mol. The van der Waals surface area contributed by atoms with Crippen molar-refractivity contribution in [1.29, 1.82) is 0 Å². The van der Waals surface area contributed by atoms with Crippen molar-refractivity contribution in [1.82, 2.24) is 5.32 Å². The fraction of sp³-hybridized carbons (Fsp3) is 1.00. The van der Waals surface area contributed by atoms with E-state index in [0.717, 1.165) is 25.7 Å². The normalized spacial score (nSPS) is 40.5. The smallest absolute Gasteiger partial charge is 0.160 e. The van der Waals surface area contributed by atoms with Gasteiger partial charge in [0, 0.05) is 12.6 Å². The van der Waals surface area contributed by atoms with Gasteiger partial charge in [0.05, 0.1) is 16.6 Å². The molecule has 1 saturated heterocycles.